The van der Waals surface area contributed by atoms with Gasteiger partial charge in [0, 0.05) is 19.0 Å². The molecule has 0 radical (unpaired) electrons. The third-order valence-electron chi connectivity index (χ3n) is 1.73. The number of hydrogen-bond donors (Lipinski definition) is 0. The van der Waals surface area contributed by atoms with Crippen LogP contribution >= 0.6 is 0 Å². The smallest absolute Gasteiger partial charge is 0.104 e. The van der Waals surface area contributed by atoms with E-state index in [-0.39, 0.29) is 5.41 Å². The summed E-state index contributed by atoms with van der Waals surface area (Å²) in [5.41, 5.74) is 0.227. The van der Waals surface area contributed by atoms with Gasteiger partial charge in [-0.25, -0.2) is 0 Å². The molecule has 0 aromatic carbocycles. The van der Waals surface area contributed by atoms with Gasteiger partial charge in [0.1, 0.15) is 5.84 Å². The van der Waals surface area contributed by atoms with Crippen LogP contribution in [-0.4, -0.2) is 30.9 Å². The largest absolute Gasteiger partial charge is 0.361 e. The monoisotopic (exact) mass is 200 g/mol. The first-order valence-corrected chi connectivity index (χ1v) is 5.78. The molecule has 1 rings (SSSR count). The van der Waals surface area contributed by atoms with Gasteiger partial charge in [0.05, 0.1) is 6.54 Å². The summed E-state index contributed by atoms with van der Waals surface area (Å²) in [5.74, 6) is 1.24. The van der Waals surface area contributed by atoms with E-state index in [9.17, 15) is 0 Å². The van der Waals surface area contributed by atoms with Crippen LogP contribution in [0.15, 0.2) is 4.99 Å². The van der Waals surface area contributed by atoms with Crippen molar-refractivity contribution >= 4 is 5.84 Å². The Morgan fingerprint density at radius 2 is 1.50 bits per heavy atom. The average molecular weight is 200 g/mol. The Labute approximate surface area is 90.4 Å². The molecule has 0 unspecified atom stereocenters. The molecule has 0 N–H and O–H groups in total. The lowest BCUT2D eigenvalue weighted by Crippen LogP contribution is -2.33. The molecule has 0 aromatic rings. The average Bonchev–Trinajstić information content (AvgIpc) is 2.58. The van der Waals surface area contributed by atoms with Gasteiger partial charge in [-0.1, -0.05) is 48.5 Å². The summed E-state index contributed by atoms with van der Waals surface area (Å²) >= 11 is 0. The fourth-order valence-corrected chi connectivity index (χ4v) is 1.34. The molecule has 0 amide bonds. The first-order valence-electron chi connectivity index (χ1n) is 5.78. The fourth-order valence-electron chi connectivity index (χ4n) is 1.34. The molecule has 14 heavy (non-hydrogen) atoms. The number of likely N-dealkylation sites (N-methyl/N-ethyl adjacent to an activating group) is 1. The molecule has 0 saturated carbocycles. The van der Waals surface area contributed by atoms with Crippen molar-refractivity contribution < 1.29 is 0 Å². The van der Waals surface area contributed by atoms with Gasteiger partial charge in [-0.05, 0) is 0 Å². The van der Waals surface area contributed by atoms with Crippen molar-refractivity contribution in [2.45, 2.75) is 48.5 Å². The number of aliphatic imine (C=N–C) groups is 1. The lowest BCUT2D eigenvalue weighted by molar-refractivity contribution is 0.466. The molecule has 0 aromatic heterocycles. The second-order valence-corrected chi connectivity index (χ2v) is 3.88. The molecule has 86 valence electrons. The Morgan fingerprint density at radius 3 is 1.64 bits per heavy atom. The molecular weight excluding hydrogens is 172 g/mol. The topological polar surface area (TPSA) is 15.6 Å². The highest BCUT2D eigenvalue weighted by molar-refractivity contribution is 5.88. The standard InChI is InChI=1S/C8H16N2.2C2H6/c1-8(2,3)7-9-5-6-10(7)4;2*1-2/h5-6H2,1-4H3;2*1-2H3. The van der Waals surface area contributed by atoms with E-state index in [0.29, 0.717) is 0 Å². The first kappa shape index (κ1) is 15.9. The van der Waals surface area contributed by atoms with Gasteiger partial charge >= 0.3 is 0 Å². The highest BCUT2D eigenvalue weighted by Crippen LogP contribution is 2.20. The molecule has 0 fully saturated rings. The zero-order chi connectivity index (χ0) is 11.8. The van der Waals surface area contributed by atoms with Crippen molar-refractivity contribution in [3.63, 3.8) is 0 Å². The van der Waals surface area contributed by atoms with Gasteiger partial charge < -0.3 is 4.90 Å². The summed E-state index contributed by atoms with van der Waals surface area (Å²) in [6.07, 6.45) is 0. The summed E-state index contributed by atoms with van der Waals surface area (Å²) in [6, 6.07) is 0. The number of rotatable bonds is 0. The second-order valence-electron chi connectivity index (χ2n) is 3.88. The van der Waals surface area contributed by atoms with Crippen molar-refractivity contribution in [3.05, 3.63) is 0 Å². The molecular formula is C12H28N2. The number of nitrogens with zero attached hydrogens (tertiary/aromatic N) is 2. The van der Waals surface area contributed by atoms with Crippen LogP contribution in [0.4, 0.5) is 0 Å². The van der Waals surface area contributed by atoms with Crippen molar-refractivity contribution in [3.8, 4) is 0 Å². The van der Waals surface area contributed by atoms with Gasteiger partial charge in [0.25, 0.3) is 0 Å². The molecule has 1 aliphatic rings. The van der Waals surface area contributed by atoms with Gasteiger partial charge in [-0.15, -0.1) is 0 Å². The van der Waals surface area contributed by atoms with E-state index in [1.54, 1.807) is 0 Å². The minimum atomic E-state index is 0.227. The van der Waals surface area contributed by atoms with Crippen molar-refractivity contribution in [2.75, 3.05) is 20.1 Å². The van der Waals surface area contributed by atoms with E-state index >= 15 is 0 Å². The van der Waals surface area contributed by atoms with Crippen LogP contribution in [0.3, 0.4) is 0 Å². The maximum absolute atomic E-state index is 4.43. The maximum atomic E-state index is 4.43. The van der Waals surface area contributed by atoms with Crippen molar-refractivity contribution in [2.24, 2.45) is 10.4 Å². The molecule has 0 saturated heterocycles. The van der Waals surface area contributed by atoms with Gasteiger partial charge in [-0.3, -0.25) is 4.99 Å². The van der Waals surface area contributed by atoms with Crippen LogP contribution < -0.4 is 0 Å². The van der Waals surface area contributed by atoms with E-state index in [2.05, 4.69) is 37.7 Å². The Hall–Kier alpha value is -0.530. The van der Waals surface area contributed by atoms with E-state index < -0.39 is 0 Å². The summed E-state index contributed by atoms with van der Waals surface area (Å²) in [5, 5.41) is 0. The van der Waals surface area contributed by atoms with Crippen LogP contribution in [0.25, 0.3) is 0 Å². The zero-order valence-electron chi connectivity index (χ0n) is 11.3. The first-order chi connectivity index (χ1) is 6.52. The van der Waals surface area contributed by atoms with Crippen LogP contribution in [0.5, 0.6) is 0 Å². The van der Waals surface area contributed by atoms with Gasteiger partial charge in [0.2, 0.25) is 0 Å². The SMILES string of the molecule is CC.CC.CN1CCN=C1C(C)(C)C. The van der Waals surface area contributed by atoms with Crippen molar-refractivity contribution in [1.82, 2.24) is 4.90 Å². The fraction of sp³-hybridized carbons (Fsp3) is 0.917. The summed E-state index contributed by atoms with van der Waals surface area (Å²) in [7, 11) is 2.11. The third-order valence-corrected chi connectivity index (χ3v) is 1.73. The lowest BCUT2D eigenvalue weighted by atomic mass is 9.94. The molecule has 2 nitrogen and oxygen atoms in total. The Kier molecular flexibility index (Phi) is 8.91. The summed E-state index contributed by atoms with van der Waals surface area (Å²) in [6.45, 7) is 16.7. The minimum absolute atomic E-state index is 0.227. The Bertz CT molecular complexity index is 154. The number of hydrogen-bond acceptors (Lipinski definition) is 2. The molecule has 1 heterocycles. The normalized spacial score (nSPS) is 14.9. The number of amidine groups is 1. The molecule has 0 aliphatic carbocycles. The van der Waals surface area contributed by atoms with Crippen LogP contribution in [0.2, 0.25) is 0 Å². The van der Waals surface area contributed by atoms with Crippen molar-refractivity contribution in [1.29, 1.82) is 0 Å². The molecule has 0 atom stereocenters. The van der Waals surface area contributed by atoms with Crippen LogP contribution in [0.1, 0.15) is 48.5 Å². The zero-order valence-corrected chi connectivity index (χ0v) is 11.3. The Balaban J connectivity index is 0. The molecule has 1 aliphatic heterocycles. The van der Waals surface area contributed by atoms with E-state index in [0.717, 1.165) is 13.1 Å². The predicted molar refractivity (Wildman–Crippen MR) is 67.1 cm³/mol. The summed E-state index contributed by atoms with van der Waals surface area (Å²) < 4.78 is 0. The lowest BCUT2D eigenvalue weighted by Gasteiger charge is -2.25. The highest BCUT2D eigenvalue weighted by atomic mass is 15.2. The van der Waals surface area contributed by atoms with E-state index in [1.165, 1.54) is 5.84 Å². The summed E-state index contributed by atoms with van der Waals surface area (Å²) in [4.78, 5) is 6.67. The van der Waals surface area contributed by atoms with E-state index in [1.807, 2.05) is 27.7 Å². The van der Waals surface area contributed by atoms with Gasteiger partial charge in [0.15, 0.2) is 0 Å². The van der Waals surface area contributed by atoms with E-state index in [4.69, 9.17) is 0 Å². The predicted octanol–water partition coefficient (Wildman–Crippen LogP) is 3.43. The van der Waals surface area contributed by atoms with Crippen LogP contribution in [0, 0.1) is 5.41 Å². The molecule has 0 spiro atoms. The van der Waals surface area contributed by atoms with Gasteiger partial charge in [-0.2, -0.15) is 0 Å². The second kappa shape index (κ2) is 7.84. The minimum Gasteiger partial charge on any atom is -0.361 e. The quantitative estimate of drug-likeness (QED) is 0.585. The van der Waals surface area contributed by atoms with Crippen LogP contribution in [-0.2, 0) is 0 Å². The third kappa shape index (κ3) is 5.25. The highest BCUT2D eigenvalue weighted by Gasteiger charge is 2.24. The Morgan fingerprint density at radius 1 is 1.07 bits per heavy atom. The molecule has 0 bridgehead atoms. The molecule has 2 heteroatoms. The maximum Gasteiger partial charge on any atom is 0.104 e.